The van der Waals surface area contributed by atoms with Crippen LogP contribution in [0.5, 0.6) is 0 Å². The molecule has 5 rings (SSSR count). The van der Waals surface area contributed by atoms with Crippen molar-refractivity contribution in [1.29, 1.82) is 0 Å². The summed E-state index contributed by atoms with van der Waals surface area (Å²) in [7, 11) is 0. The molecular formula is C19H12ClF3N6OS. The maximum Gasteiger partial charge on any atom is 0.420 e. The number of H-pyrrole nitrogens is 1. The molecule has 0 aromatic carbocycles. The Balaban J connectivity index is 1.56. The van der Waals surface area contributed by atoms with Crippen molar-refractivity contribution in [3.8, 4) is 11.1 Å². The van der Waals surface area contributed by atoms with Crippen LogP contribution in [0.1, 0.15) is 21.1 Å². The first-order valence-electron chi connectivity index (χ1n) is 8.99. The number of hydrogen-bond acceptors (Lipinski definition) is 5. The molecule has 4 aromatic rings. The molecule has 12 heteroatoms. The Bertz CT molecular complexity index is 1310. The number of hydrogen-bond donors (Lipinski definition) is 1. The zero-order chi connectivity index (χ0) is 21.8. The van der Waals surface area contributed by atoms with Gasteiger partial charge in [0.15, 0.2) is 11.3 Å². The number of aromatic amines is 1. The van der Waals surface area contributed by atoms with E-state index in [-0.39, 0.29) is 23.0 Å². The first-order chi connectivity index (χ1) is 14.8. The van der Waals surface area contributed by atoms with E-state index in [9.17, 15) is 18.0 Å². The Morgan fingerprint density at radius 2 is 2.13 bits per heavy atom. The molecule has 0 radical (unpaired) electrons. The normalized spacial score (nSPS) is 14.5. The third-order valence-corrected chi connectivity index (χ3v) is 6.12. The summed E-state index contributed by atoms with van der Waals surface area (Å²) in [5.41, 5.74) is -0.0926. The summed E-state index contributed by atoms with van der Waals surface area (Å²) < 4.78 is 42.4. The first kappa shape index (κ1) is 19.8. The highest BCUT2D eigenvalue weighted by atomic mass is 35.5. The van der Waals surface area contributed by atoms with E-state index in [1.165, 1.54) is 34.8 Å². The molecule has 31 heavy (non-hydrogen) atoms. The maximum atomic E-state index is 13.8. The summed E-state index contributed by atoms with van der Waals surface area (Å²) in [6.45, 7) is 0.577. The van der Waals surface area contributed by atoms with Gasteiger partial charge in [-0.05, 0) is 6.07 Å². The Morgan fingerprint density at radius 3 is 2.81 bits per heavy atom. The number of fused-ring (bicyclic) bond motifs is 1. The summed E-state index contributed by atoms with van der Waals surface area (Å²) in [5, 5.41) is 8.78. The molecule has 0 aliphatic carbocycles. The summed E-state index contributed by atoms with van der Waals surface area (Å²) in [6, 6.07) is 0.968. The molecule has 158 valence electrons. The first-order valence-corrected chi connectivity index (χ1v) is 10.2. The monoisotopic (exact) mass is 464 g/mol. The van der Waals surface area contributed by atoms with E-state index < -0.39 is 23.3 Å². The van der Waals surface area contributed by atoms with Crippen molar-refractivity contribution in [3.63, 3.8) is 0 Å². The Morgan fingerprint density at radius 1 is 1.29 bits per heavy atom. The predicted octanol–water partition coefficient (Wildman–Crippen LogP) is 4.39. The quantitative estimate of drug-likeness (QED) is 0.487. The van der Waals surface area contributed by atoms with Crippen LogP contribution in [-0.4, -0.2) is 48.5 Å². The molecule has 7 nitrogen and oxygen atoms in total. The summed E-state index contributed by atoms with van der Waals surface area (Å²) in [6.07, 6.45) is 3.11. The van der Waals surface area contributed by atoms with Gasteiger partial charge in [0.2, 0.25) is 0 Å². The highest BCUT2D eigenvalue weighted by Crippen LogP contribution is 2.37. The number of halogens is 4. The number of rotatable bonds is 3. The van der Waals surface area contributed by atoms with E-state index in [0.717, 1.165) is 21.0 Å². The van der Waals surface area contributed by atoms with Gasteiger partial charge in [-0.1, -0.05) is 17.7 Å². The van der Waals surface area contributed by atoms with Gasteiger partial charge in [0.1, 0.15) is 10.2 Å². The second kappa shape index (κ2) is 7.20. The van der Waals surface area contributed by atoms with Crippen LogP contribution in [0.25, 0.3) is 22.3 Å². The lowest BCUT2D eigenvalue weighted by Gasteiger charge is -2.14. The molecule has 0 atom stereocenters. The number of aromatic nitrogens is 5. The van der Waals surface area contributed by atoms with Crippen LogP contribution in [0.3, 0.4) is 0 Å². The lowest BCUT2D eigenvalue weighted by Crippen LogP contribution is -2.29. The van der Waals surface area contributed by atoms with Crippen LogP contribution in [0.4, 0.5) is 13.2 Å². The van der Waals surface area contributed by atoms with E-state index in [2.05, 4.69) is 20.2 Å². The van der Waals surface area contributed by atoms with Crippen molar-refractivity contribution in [3.05, 3.63) is 63.7 Å². The SMILES string of the molecule is O=C(c1nc2c(C(F)(F)F)cc(-c3cn[nH]c3)cn2c1Cl)N1CC=C(c2nccs2)C1. The summed E-state index contributed by atoms with van der Waals surface area (Å²) in [4.78, 5) is 22.7. The fourth-order valence-corrected chi connectivity index (χ4v) is 4.35. The molecule has 5 heterocycles. The van der Waals surface area contributed by atoms with E-state index in [0.29, 0.717) is 12.1 Å². The number of alkyl halides is 3. The summed E-state index contributed by atoms with van der Waals surface area (Å²) in [5.74, 6) is -0.547. The van der Waals surface area contributed by atoms with Gasteiger partial charge in [-0.15, -0.1) is 11.3 Å². The molecule has 0 spiro atoms. The number of imidazole rings is 1. The largest absolute Gasteiger partial charge is 0.420 e. The second-order valence-electron chi connectivity index (χ2n) is 6.82. The van der Waals surface area contributed by atoms with Crippen LogP contribution >= 0.6 is 22.9 Å². The van der Waals surface area contributed by atoms with Gasteiger partial charge in [-0.3, -0.25) is 14.3 Å². The Hall–Kier alpha value is -3.18. The fraction of sp³-hybridized carbons (Fsp3) is 0.158. The number of carbonyl (C=O) groups is 1. The minimum Gasteiger partial charge on any atom is -0.329 e. The molecule has 0 saturated carbocycles. The maximum absolute atomic E-state index is 13.8. The Kier molecular flexibility index (Phi) is 4.59. The summed E-state index contributed by atoms with van der Waals surface area (Å²) >= 11 is 7.80. The number of nitrogens with one attached hydrogen (secondary N) is 1. The van der Waals surface area contributed by atoms with Crippen molar-refractivity contribution >= 4 is 40.1 Å². The average molecular weight is 465 g/mol. The zero-order valence-corrected chi connectivity index (χ0v) is 17.1. The van der Waals surface area contributed by atoms with E-state index in [1.54, 1.807) is 6.20 Å². The Labute approximate surface area is 181 Å². The smallest absolute Gasteiger partial charge is 0.329 e. The number of amides is 1. The number of nitrogens with zero attached hydrogens (tertiary/aromatic N) is 5. The van der Waals surface area contributed by atoms with E-state index >= 15 is 0 Å². The number of thiazole rings is 1. The van der Waals surface area contributed by atoms with Gasteiger partial charge in [-0.2, -0.15) is 18.3 Å². The molecule has 1 aliphatic rings. The van der Waals surface area contributed by atoms with Crippen LogP contribution in [0.15, 0.2) is 42.3 Å². The van der Waals surface area contributed by atoms with Crippen LogP contribution in [0, 0.1) is 0 Å². The van der Waals surface area contributed by atoms with E-state index in [1.807, 2.05) is 11.5 Å². The number of pyridine rings is 1. The lowest BCUT2D eigenvalue weighted by atomic mass is 10.1. The lowest BCUT2D eigenvalue weighted by molar-refractivity contribution is -0.136. The van der Waals surface area contributed by atoms with Crippen LogP contribution < -0.4 is 0 Å². The van der Waals surface area contributed by atoms with Crippen LogP contribution in [-0.2, 0) is 6.18 Å². The van der Waals surface area contributed by atoms with Crippen molar-refractivity contribution in [2.24, 2.45) is 0 Å². The van der Waals surface area contributed by atoms with Crippen molar-refractivity contribution in [2.75, 3.05) is 13.1 Å². The van der Waals surface area contributed by atoms with Crippen LogP contribution in [0.2, 0.25) is 5.15 Å². The minimum absolute atomic E-state index is 0.182. The van der Waals surface area contributed by atoms with Crippen molar-refractivity contribution in [1.82, 2.24) is 29.5 Å². The van der Waals surface area contributed by atoms with E-state index in [4.69, 9.17) is 11.6 Å². The molecule has 0 unspecified atom stereocenters. The fourth-order valence-electron chi connectivity index (χ4n) is 3.43. The van der Waals surface area contributed by atoms with Gasteiger partial charge in [-0.25, -0.2) is 9.97 Å². The van der Waals surface area contributed by atoms with Gasteiger partial charge < -0.3 is 4.90 Å². The molecule has 4 aromatic heterocycles. The second-order valence-corrected chi connectivity index (χ2v) is 8.08. The minimum atomic E-state index is -4.69. The highest BCUT2D eigenvalue weighted by molar-refractivity contribution is 7.10. The predicted molar refractivity (Wildman–Crippen MR) is 109 cm³/mol. The van der Waals surface area contributed by atoms with Gasteiger partial charge in [0, 0.05) is 53.8 Å². The zero-order valence-electron chi connectivity index (χ0n) is 15.5. The molecule has 1 N–H and O–H groups in total. The molecular weight excluding hydrogens is 453 g/mol. The van der Waals surface area contributed by atoms with Gasteiger partial charge >= 0.3 is 6.18 Å². The van der Waals surface area contributed by atoms with Gasteiger partial charge in [0.25, 0.3) is 5.91 Å². The van der Waals surface area contributed by atoms with Crippen molar-refractivity contribution in [2.45, 2.75) is 6.18 Å². The number of carbonyl (C=O) groups excluding carboxylic acids is 1. The average Bonchev–Trinajstić information content (AvgIpc) is 3.53. The molecule has 1 aliphatic heterocycles. The molecule has 0 bridgehead atoms. The topological polar surface area (TPSA) is 79.2 Å². The molecule has 1 amide bonds. The highest BCUT2D eigenvalue weighted by Gasteiger charge is 2.37. The van der Waals surface area contributed by atoms with Gasteiger partial charge in [0.05, 0.1) is 11.8 Å². The molecule has 0 saturated heterocycles. The molecule has 0 fully saturated rings. The third kappa shape index (κ3) is 3.39. The third-order valence-electron chi connectivity index (χ3n) is 4.91. The standard InChI is InChI=1S/C19H12ClF3N6OS/c20-15-14(18(30)28-3-1-10(8-28)17-24-2-4-31-17)27-16-13(19(21,22)23)5-11(9-29(15)16)12-6-25-26-7-12/h1-2,4-7,9H,3,8H2,(H,25,26). The van der Waals surface area contributed by atoms with Crippen molar-refractivity contribution < 1.29 is 18.0 Å².